The molecule has 0 radical (unpaired) electrons. The van der Waals surface area contributed by atoms with Crippen molar-refractivity contribution < 1.29 is 9.47 Å². The van der Waals surface area contributed by atoms with Crippen LogP contribution in [-0.4, -0.2) is 19.3 Å². The molecule has 16 heavy (non-hydrogen) atoms. The van der Waals surface area contributed by atoms with E-state index in [1.807, 2.05) is 39.0 Å². The maximum atomic E-state index is 8.97. The zero-order chi connectivity index (χ0) is 12.0. The third-order valence-corrected chi connectivity index (χ3v) is 2.14. The second-order valence-corrected chi connectivity index (χ2v) is 3.70. The monoisotopic (exact) mass is 219 g/mol. The SMILES string of the molecule is CCOCC(C)Oc1ccc(C)cc1C#N. The molecule has 0 aromatic heterocycles. The first-order valence-corrected chi connectivity index (χ1v) is 5.42. The maximum absolute atomic E-state index is 8.97. The molecule has 3 heteroatoms. The van der Waals surface area contributed by atoms with Crippen LogP contribution in [0.4, 0.5) is 0 Å². The third kappa shape index (κ3) is 3.56. The van der Waals surface area contributed by atoms with Crippen molar-refractivity contribution in [2.75, 3.05) is 13.2 Å². The van der Waals surface area contributed by atoms with E-state index >= 15 is 0 Å². The summed E-state index contributed by atoms with van der Waals surface area (Å²) in [6, 6.07) is 7.72. The summed E-state index contributed by atoms with van der Waals surface area (Å²) in [6.07, 6.45) is -0.0465. The van der Waals surface area contributed by atoms with Gasteiger partial charge in [0, 0.05) is 6.61 Å². The normalized spacial score (nSPS) is 11.9. The van der Waals surface area contributed by atoms with Crippen molar-refractivity contribution in [2.24, 2.45) is 0 Å². The molecule has 0 saturated carbocycles. The number of hydrogen-bond donors (Lipinski definition) is 0. The Morgan fingerprint density at radius 1 is 1.44 bits per heavy atom. The summed E-state index contributed by atoms with van der Waals surface area (Å²) in [5.41, 5.74) is 1.63. The van der Waals surface area contributed by atoms with Gasteiger partial charge in [-0.15, -0.1) is 0 Å². The molecule has 0 amide bonds. The van der Waals surface area contributed by atoms with E-state index in [1.165, 1.54) is 0 Å². The highest BCUT2D eigenvalue weighted by molar-refractivity contribution is 5.45. The van der Waals surface area contributed by atoms with E-state index in [2.05, 4.69) is 6.07 Å². The molecule has 1 atom stereocenters. The summed E-state index contributed by atoms with van der Waals surface area (Å²) in [7, 11) is 0. The van der Waals surface area contributed by atoms with Gasteiger partial charge in [-0.25, -0.2) is 0 Å². The fourth-order valence-corrected chi connectivity index (χ4v) is 1.37. The van der Waals surface area contributed by atoms with Gasteiger partial charge in [0.1, 0.15) is 17.9 Å². The minimum Gasteiger partial charge on any atom is -0.487 e. The molecule has 0 N–H and O–H groups in total. The minimum absolute atomic E-state index is 0.0465. The summed E-state index contributed by atoms with van der Waals surface area (Å²) in [4.78, 5) is 0. The maximum Gasteiger partial charge on any atom is 0.137 e. The van der Waals surface area contributed by atoms with E-state index in [0.29, 0.717) is 24.5 Å². The number of rotatable bonds is 5. The molecule has 1 aromatic rings. The number of aryl methyl sites for hydroxylation is 1. The molecule has 0 spiro atoms. The summed E-state index contributed by atoms with van der Waals surface area (Å²) in [5.74, 6) is 0.625. The van der Waals surface area contributed by atoms with E-state index in [-0.39, 0.29) is 6.10 Å². The second-order valence-electron chi connectivity index (χ2n) is 3.70. The molecule has 0 heterocycles. The van der Waals surface area contributed by atoms with Crippen molar-refractivity contribution in [3.63, 3.8) is 0 Å². The molecule has 86 valence electrons. The zero-order valence-electron chi connectivity index (χ0n) is 9.99. The number of ether oxygens (including phenoxy) is 2. The summed E-state index contributed by atoms with van der Waals surface area (Å²) in [5, 5.41) is 8.97. The highest BCUT2D eigenvalue weighted by atomic mass is 16.5. The average Bonchev–Trinajstić information content (AvgIpc) is 2.28. The average molecular weight is 219 g/mol. The minimum atomic E-state index is -0.0465. The van der Waals surface area contributed by atoms with Crippen LogP contribution in [-0.2, 0) is 4.74 Å². The molecule has 3 nitrogen and oxygen atoms in total. The van der Waals surface area contributed by atoms with Crippen molar-refractivity contribution in [2.45, 2.75) is 26.9 Å². The Morgan fingerprint density at radius 3 is 2.81 bits per heavy atom. The fourth-order valence-electron chi connectivity index (χ4n) is 1.37. The van der Waals surface area contributed by atoms with Crippen LogP contribution in [0.5, 0.6) is 5.75 Å². The largest absolute Gasteiger partial charge is 0.487 e. The Bertz CT molecular complexity index is 382. The number of nitrogens with zero attached hydrogens (tertiary/aromatic N) is 1. The van der Waals surface area contributed by atoms with Gasteiger partial charge in [0.15, 0.2) is 0 Å². The first-order chi connectivity index (χ1) is 7.67. The fraction of sp³-hybridized carbons (Fsp3) is 0.462. The van der Waals surface area contributed by atoms with Crippen molar-refractivity contribution in [1.82, 2.24) is 0 Å². The van der Waals surface area contributed by atoms with Gasteiger partial charge in [0.05, 0.1) is 12.2 Å². The first kappa shape index (κ1) is 12.5. The van der Waals surface area contributed by atoms with E-state index in [9.17, 15) is 0 Å². The quantitative estimate of drug-likeness (QED) is 0.764. The predicted octanol–water partition coefficient (Wildman–Crippen LogP) is 2.67. The highest BCUT2D eigenvalue weighted by Crippen LogP contribution is 2.20. The zero-order valence-corrected chi connectivity index (χ0v) is 9.99. The first-order valence-electron chi connectivity index (χ1n) is 5.42. The van der Waals surface area contributed by atoms with Gasteiger partial charge in [-0.1, -0.05) is 6.07 Å². The molecule has 0 aliphatic carbocycles. The Kier molecular flexibility index (Phi) is 4.81. The summed E-state index contributed by atoms with van der Waals surface area (Å²) < 4.78 is 10.9. The lowest BCUT2D eigenvalue weighted by molar-refractivity contribution is 0.0656. The van der Waals surface area contributed by atoms with Gasteiger partial charge >= 0.3 is 0 Å². The molecule has 0 aliphatic rings. The highest BCUT2D eigenvalue weighted by Gasteiger charge is 2.08. The van der Waals surface area contributed by atoms with Gasteiger partial charge in [0.2, 0.25) is 0 Å². The van der Waals surface area contributed by atoms with Crippen LogP contribution < -0.4 is 4.74 Å². The summed E-state index contributed by atoms with van der Waals surface area (Å²) in [6.45, 7) is 7.03. The van der Waals surface area contributed by atoms with Crippen molar-refractivity contribution in [3.8, 4) is 11.8 Å². The molecule has 1 aromatic carbocycles. The Labute approximate surface area is 96.6 Å². The van der Waals surface area contributed by atoms with Crippen LogP contribution >= 0.6 is 0 Å². The lowest BCUT2D eigenvalue weighted by Crippen LogP contribution is -2.19. The Morgan fingerprint density at radius 2 is 2.19 bits per heavy atom. The van der Waals surface area contributed by atoms with Crippen molar-refractivity contribution >= 4 is 0 Å². The molecule has 0 fully saturated rings. The lowest BCUT2D eigenvalue weighted by atomic mass is 10.1. The van der Waals surface area contributed by atoms with Gasteiger partial charge in [-0.05, 0) is 38.5 Å². The van der Waals surface area contributed by atoms with E-state index in [4.69, 9.17) is 14.7 Å². The molecule has 0 saturated heterocycles. The molecule has 0 bridgehead atoms. The second kappa shape index (κ2) is 6.14. The number of nitriles is 1. The molecular weight excluding hydrogens is 202 g/mol. The molecule has 0 aliphatic heterocycles. The summed E-state index contributed by atoms with van der Waals surface area (Å²) >= 11 is 0. The van der Waals surface area contributed by atoms with Crippen LogP contribution in [0.1, 0.15) is 25.0 Å². The van der Waals surface area contributed by atoms with E-state index in [1.54, 1.807) is 0 Å². The van der Waals surface area contributed by atoms with Crippen LogP contribution in [0.25, 0.3) is 0 Å². The molecule has 1 unspecified atom stereocenters. The Balaban J connectivity index is 2.70. The van der Waals surface area contributed by atoms with Gasteiger partial charge in [-0.3, -0.25) is 0 Å². The van der Waals surface area contributed by atoms with Crippen LogP contribution in [0.15, 0.2) is 18.2 Å². The van der Waals surface area contributed by atoms with E-state index in [0.717, 1.165) is 5.56 Å². The lowest BCUT2D eigenvalue weighted by Gasteiger charge is -2.15. The smallest absolute Gasteiger partial charge is 0.137 e. The van der Waals surface area contributed by atoms with Crippen LogP contribution in [0.2, 0.25) is 0 Å². The predicted molar refractivity (Wildman–Crippen MR) is 62.5 cm³/mol. The number of benzene rings is 1. The topological polar surface area (TPSA) is 42.2 Å². The standard InChI is InChI=1S/C13H17NO2/c1-4-15-9-11(3)16-13-6-5-10(2)7-12(13)8-14/h5-7,11H,4,9H2,1-3H3. The third-order valence-electron chi connectivity index (χ3n) is 2.14. The van der Waals surface area contributed by atoms with Gasteiger partial charge in [-0.2, -0.15) is 5.26 Å². The molecule has 1 rings (SSSR count). The van der Waals surface area contributed by atoms with Gasteiger partial charge < -0.3 is 9.47 Å². The van der Waals surface area contributed by atoms with Crippen molar-refractivity contribution in [3.05, 3.63) is 29.3 Å². The Hall–Kier alpha value is -1.53. The van der Waals surface area contributed by atoms with Gasteiger partial charge in [0.25, 0.3) is 0 Å². The number of hydrogen-bond acceptors (Lipinski definition) is 3. The van der Waals surface area contributed by atoms with Crippen molar-refractivity contribution in [1.29, 1.82) is 5.26 Å². The molecular formula is C13H17NO2. The van der Waals surface area contributed by atoms with Crippen LogP contribution in [0, 0.1) is 18.3 Å². The van der Waals surface area contributed by atoms with Crippen LogP contribution in [0.3, 0.4) is 0 Å². The van der Waals surface area contributed by atoms with E-state index < -0.39 is 0 Å².